The van der Waals surface area contributed by atoms with Crippen LogP contribution in [0.25, 0.3) is 0 Å². The number of hydrogen-bond donors (Lipinski definition) is 0. The summed E-state index contributed by atoms with van der Waals surface area (Å²) in [4.78, 5) is 13.4. The highest BCUT2D eigenvalue weighted by atomic mass is 79.9. The molecule has 0 N–H and O–H groups in total. The van der Waals surface area contributed by atoms with Gasteiger partial charge in [0.1, 0.15) is 11.5 Å². The van der Waals surface area contributed by atoms with Crippen LogP contribution in [0.2, 0.25) is 0 Å². The summed E-state index contributed by atoms with van der Waals surface area (Å²) in [5, 5.41) is 0. The number of benzene rings is 1. The first-order valence-corrected chi connectivity index (χ1v) is 7.00. The number of anilines is 1. The van der Waals surface area contributed by atoms with Crippen LogP contribution in [0, 0.1) is 0 Å². The maximum atomic E-state index is 11.2. The van der Waals surface area contributed by atoms with Gasteiger partial charge in [-0.1, -0.05) is 0 Å². The van der Waals surface area contributed by atoms with E-state index in [0.29, 0.717) is 18.6 Å². The predicted octanol–water partition coefficient (Wildman–Crippen LogP) is 3.39. The summed E-state index contributed by atoms with van der Waals surface area (Å²) < 4.78 is 7.22. The smallest absolute Gasteiger partial charge is 0.136 e. The second-order valence-corrected chi connectivity index (χ2v) is 5.67. The fraction of sp³-hybridized carbons (Fsp3) is 0.417. The normalized spacial score (nSPS) is 16.2. The molecule has 17 heavy (non-hydrogen) atoms. The Morgan fingerprint density at radius 1 is 1.18 bits per heavy atom. The van der Waals surface area contributed by atoms with Crippen LogP contribution in [-0.2, 0) is 4.79 Å². The minimum absolute atomic E-state index is 0.349. The SMILES string of the molecule is COc1cc(N2CCC(=O)CC2)c(Br)cc1Br. The number of hydrogen-bond acceptors (Lipinski definition) is 3. The number of carbonyl (C=O) groups is 1. The molecule has 1 aromatic carbocycles. The Balaban J connectivity index is 2.28. The summed E-state index contributed by atoms with van der Waals surface area (Å²) in [6, 6.07) is 3.97. The van der Waals surface area contributed by atoms with Crippen LogP contribution in [0.15, 0.2) is 21.1 Å². The summed E-state index contributed by atoms with van der Waals surface area (Å²) in [7, 11) is 1.65. The van der Waals surface area contributed by atoms with Gasteiger partial charge in [0.2, 0.25) is 0 Å². The van der Waals surface area contributed by atoms with Crippen LogP contribution in [0.4, 0.5) is 5.69 Å². The molecule has 92 valence electrons. The van der Waals surface area contributed by atoms with Crippen LogP contribution in [0.1, 0.15) is 12.8 Å². The molecule has 2 rings (SSSR count). The first-order chi connectivity index (χ1) is 8.11. The van der Waals surface area contributed by atoms with Crippen molar-refractivity contribution < 1.29 is 9.53 Å². The van der Waals surface area contributed by atoms with Gasteiger partial charge in [0.05, 0.1) is 17.3 Å². The van der Waals surface area contributed by atoms with Gasteiger partial charge >= 0.3 is 0 Å². The maximum absolute atomic E-state index is 11.2. The molecule has 1 aliphatic rings. The topological polar surface area (TPSA) is 29.5 Å². The van der Waals surface area contributed by atoms with Crippen LogP contribution in [-0.4, -0.2) is 26.0 Å². The van der Waals surface area contributed by atoms with Crippen LogP contribution in [0.5, 0.6) is 5.75 Å². The molecule has 0 bridgehead atoms. The van der Waals surface area contributed by atoms with E-state index >= 15 is 0 Å². The number of halogens is 2. The van der Waals surface area contributed by atoms with Gasteiger partial charge in [-0.05, 0) is 37.9 Å². The molecule has 3 nitrogen and oxygen atoms in total. The van der Waals surface area contributed by atoms with E-state index < -0.39 is 0 Å². The molecule has 5 heteroatoms. The monoisotopic (exact) mass is 361 g/mol. The summed E-state index contributed by atoms with van der Waals surface area (Å²) in [5.41, 5.74) is 1.08. The van der Waals surface area contributed by atoms with Crippen molar-refractivity contribution in [2.45, 2.75) is 12.8 Å². The number of Topliss-reactive ketones (excluding diaryl/α,β-unsaturated/α-hetero) is 1. The minimum Gasteiger partial charge on any atom is -0.495 e. The minimum atomic E-state index is 0.349. The Labute approximate surface area is 117 Å². The van der Waals surface area contributed by atoms with Gasteiger partial charge in [-0.3, -0.25) is 4.79 Å². The largest absolute Gasteiger partial charge is 0.495 e. The standard InChI is InChI=1S/C12H13Br2NO2/c1-17-12-7-11(9(13)6-10(12)14)15-4-2-8(16)3-5-15/h6-7H,2-5H2,1H3. The van der Waals surface area contributed by atoms with E-state index in [0.717, 1.165) is 33.5 Å². The number of methoxy groups -OCH3 is 1. The second kappa shape index (κ2) is 5.40. The van der Waals surface area contributed by atoms with E-state index in [-0.39, 0.29) is 0 Å². The zero-order valence-electron chi connectivity index (χ0n) is 9.50. The lowest BCUT2D eigenvalue weighted by atomic mass is 10.1. The number of ketones is 1. The highest BCUT2D eigenvalue weighted by molar-refractivity contribution is 9.11. The number of ether oxygens (including phenoxy) is 1. The van der Waals surface area contributed by atoms with Gasteiger partial charge < -0.3 is 9.64 Å². The molecule has 1 saturated heterocycles. The summed E-state index contributed by atoms with van der Waals surface area (Å²) in [5.74, 6) is 1.15. The molecule has 0 amide bonds. The third kappa shape index (κ3) is 2.83. The molecule has 1 fully saturated rings. The number of rotatable bonds is 2. The van der Waals surface area contributed by atoms with E-state index in [2.05, 4.69) is 36.8 Å². The highest BCUT2D eigenvalue weighted by Crippen LogP contribution is 2.37. The van der Waals surface area contributed by atoms with Gasteiger partial charge in [-0.2, -0.15) is 0 Å². The first-order valence-electron chi connectivity index (χ1n) is 5.41. The zero-order valence-corrected chi connectivity index (χ0v) is 12.7. The fourth-order valence-electron chi connectivity index (χ4n) is 1.91. The lowest BCUT2D eigenvalue weighted by Gasteiger charge is -2.29. The van der Waals surface area contributed by atoms with E-state index in [1.54, 1.807) is 7.11 Å². The first kappa shape index (κ1) is 12.9. The highest BCUT2D eigenvalue weighted by Gasteiger charge is 2.19. The third-order valence-electron chi connectivity index (χ3n) is 2.88. The van der Waals surface area contributed by atoms with E-state index in [1.807, 2.05) is 12.1 Å². The number of piperidine rings is 1. The lowest BCUT2D eigenvalue weighted by molar-refractivity contribution is -0.119. The van der Waals surface area contributed by atoms with Crippen molar-refractivity contribution in [2.24, 2.45) is 0 Å². The van der Waals surface area contributed by atoms with E-state index in [4.69, 9.17) is 4.74 Å². The average molecular weight is 363 g/mol. The predicted molar refractivity (Wildman–Crippen MR) is 74.8 cm³/mol. The van der Waals surface area contributed by atoms with Crippen molar-refractivity contribution in [1.29, 1.82) is 0 Å². The van der Waals surface area contributed by atoms with Gasteiger partial charge in [0.25, 0.3) is 0 Å². The Kier molecular flexibility index (Phi) is 4.09. The molecule has 0 unspecified atom stereocenters. The van der Waals surface area contributed by atoms with Crippen LogP contribution >= 0.6 is 31.9 Å². The fourth-order valence-corrected chi connectivity index (χ4v) is 3.32. The third-order valence-corrected chi connectivity index (χ3v) is 4.14. The Bertz CT molecular complexity index is 438. The summed E-state index contributed by atoms with van der Waals surface area (Å²) in [6.45, 7) is 1.56. The Morgan fingerprint density at radius 2 is 1.82 bits per heavy atom. The Morgan fingerprint density at radius 3 is 2.41 bits per heavy atom. The number of nitrogens with zero attached hydrogens (tertiary/aromatic N) is 1. The van der Waals surface area contributed by atoms with E-state index in [1.165, 1.54) is 0 Å². The van der Waals surface area contributed by atoms with Gasteiger partial charge in [0, 0.05) is 36.5 Å². The number of carbonyl (C=O) groups excluding carboxylic acids is 1. The molecule has 0 spiro atoms. The maximum Gasteiger partial charge on any atom is 0.136 e. The molecule has 0 atom stereocenters. The summed E-state index contributed by atoms with van der Waals surface area (Å²) in [6.07, 6.45) is 1.26. The molecule has 1 aliphatic heterocycles. The molecular formula is C12H13Br2NO2. The van der Waals surface area contributed by atoms with Gasteiger partial charge in [0.15, 0.2) is 0 Å². The molecule has 0 saturated carbocycles. The van der Waals surface area contributed by atoms with Crippen molar-refractivity contribution in [1.82, 2.24) is 0 Å². The molecule has 1 heterocycles. The van der Waals surface area contributed by atoms with Gasteiger partial charge in [-0.15, -0.1) is 0 Å². The molecule has 1 aromatic rings. The lowest BCUT2D eigenvalue weighted by Crippen LogP contribution is -2.33. The van der Waals surface area contributed by atoms with E-state index in [9.17, 15) is 4.79 Å². The molecule has 0 aliphatic carbocycles. The second-order valence-electron chi connectivity index (χ2n) is 3.96. The molecule has 0 radical (unpaired) electrons. The Hall–Kier alpha value is -0.550. The molecule has 0 aromatic heterocycles. The summed E-state index contributed by atoms with van der Waals surface area (Å²) >= 11 is 7.00. The van der Waals surface area contributed by atoms with Crippen molar-refractivity contribution >= 4 is 43.3 Å². The van der Waals surface area contributed by atoms with Crippen LogP contribution < -0.4 is 9.64 Å². The molecular weight excluding hydrogens is 350 g/mol. The zero-order chi connectivity index (χ0) is 12.4. The quantitative estimate of drug-likeness (QED) is 0.807. The van der Waals surface area contributed by atoms with Crippen molar-refractivity contribution in [3.63, 3.8) is 0 Å². The average Bonchev–Trinajstić information content (AvgIpc) is 2.31. The van der Waals surface area contributed by atoms with Crippen molar-refractivity contribution in [2.75, 3.05) is 25.1 Å². The van der Waals surface area contributed by atoms with Crippen molar-refractivity contribution in [3.05, 3.63) is 21.1 Å². The van der Waals surface area contributed by atoms with Crippen LogP contribution in [0.3, 0.4) is 0 Å². The van der Waals surface area contributed by atoms with Crippen molar-refractivity contribution in [3.8, 4) is 5.75 Å². The van der Waals surface area contributed by atoms with Gasteiger partial charge in [-0.25, -0.2) is 0 Å².